The summed E-state index contributed by atoms with van der Waals surface area (Å²) in [6.45, 7) is 0. The van der Waals surface area contributed by atoms with Crippen LogP contribution in [0.25, 0.3) is 11.6 Å². The Bertz CT molecular complexity index is 707. The fourth-order valence-corrected chi connectivity index (χ4v) is 2.80. The molecule has 0 aliphatic carbocycles. The molecule has 1 heterocycles. The number of carbonyl (C=O) groups is 1. The minimum Gasteiger partial charge on any atom is -0.321 e. The van der Waals surface area contributed by atoms with Gasteiger partial charge in [0.25, 0.3) is 5.91 Å². The largest absolute Gasteiger partial charge is 0.321 e. The molecule has 4 heteroatoms. The van der Waals surface area contributed by atoms with Crippen molar-refractivity contribution in [1.29, 1.82) is 0 Å². The number of nitrogens with one attached hydrogen (secondary N) is 1. The Labute approximate surface area is 127 Å². The summed E-state index contributed by atoms with van der Waals surface area (Å²) in [6, 6.07) is 13.6. The van der Waals surface area contributed by atoms with Gasteiger partial charge in [-0.1, -0.05) is 50.1 Å². The van der Waals surface area contributed by atoms with Crippen LogP contribution in [0.15, 0.2) is 51.4 Å². The third-order valence-electron chi connectivity index (χ3n) is 2.97. The molecule has 1 N–H and O–H groups in total. The van der Waals surface area contributed by atoms with Gasteiger partial charge in [0, 0.05) is 25.8 Å². The van der Waals surface area contributed by atoms with Gasteiger partial charge >= 0.3 is 0 Å². The molecule has 0 atom stereocenters. The first-order valence-electron chi connectivity index (χ1n) is 5.72. The third kappa shape index (κ3) is 2.38. The van der Waals surface area contributed by atoms with Crippen molar-refractivity contribution < 1.29 is 4.79 Å². The van der Waals surface area contributed by atoms with E-state index in [1.807, 2.05) is 48.5 Å². The molecule has 94 valence electrons. The van der Waals surface area contributed by atoms with Gasteiger partial charge in [0.05, 0.1) is 0 Å². The minimum absolute atomic E-state index is 0.0620. The number of carbonyl (C=O) groups excluding carboxylic acids is 1. The van der Waals surface area contributed by atoms with Crippen LogP contribution < -0.4 is 5.32 Å². The van der Waals surface area contributed by atoms with Crippen LogP contribution in [0.5, 0.6) is 0 Å². The van der Waals surface area contributed by atoms with Gasteiger partial charge in [-0.25, -0.2) is 0 Å². The average molecular weight is 379 g/mol. The second-order valence-corrected chi connectivity index (χ2v) is 5.99. The molecule has 2 aromatic rings. The Morgan fingerprint density at radius 1 is 1.05 bits per heavy atom. The van der Waals surface area contributed by atoms with E-state index >= 15 is 0 Å². The van der Waals surface area contributed by atoms with E-state index in [1.165, 1.54) is 0 Å². The number of rotatable bonds is 1. The van der Waals surface area contributed by atoms with Crippen molar-refractivity contribution in [2.45, 2.75) is 0 Å². The van der Waals surface area contributed by atoms with Gasteiger partial charge in [-0.3, -0.25) is 4.79 Å². The molecule has 1 amide bonds. The van der Waals surface area contributed by atoms with Crippen LogP contribution in [-0.2, 0) is 4.79 Å². The average Bonchev–Trinajstić information content (AvgIpc) is 2.71. The van der Waals surface area contributed by atoms with Crippen molar-refractivity contribution in [2.24, 2.45) is 0 Å². The van der Waals surface area contributed by atoms with Gasteiger partial charge in [-0.2, -0.15) is 0 Å². The number of fused-ring (bicyclic) bond motifs is 1. The van der Waals surface area contributed by atoms with Crippen molar-refractivity contribution in [3.05, 3.63) is 62.5 Å². The van der Waals surface area contributed by atoms with Gasteiger partial charge in [0.15, 0.2) is 0 Å². The molecular weight excluding hydrogens is 370 g/mol. The zero-order valence-corrected chi connectivity index (χ0v) is 13.0. The Morgan fingerprint density at radius 3 is 2.68 bits per heavy atom. The molecule has 0 unspecified atom stereocenters. The predicted octanol–water partition coefficient (Wildman–Crippen LogP) is 4.70. The van der Waals surface area contributed by atoms with Gasteiger partial charge in [0.2, 0.25) is 0 Å². The van der Waals surface area contributed by atoms with E-state index in [4.69, 9.17) is 0 Å². The smallest absolute Gasteiger partial charge is 0.256 e. The first-order valence-corrected chi connectivity index (χ1v) is 7.31. The third-order valence-corrected chi connectivity index (χ3v) is 4.18. The van der Waals surface area contributed by atoms with Crippen LogP contribution in [-0.4, -0.2) is 5.91 Å². The first kappa shape index (κ1) is 12.6. The lowest BCUT2D eigenvalue weighted by Crippen LogP contribution is -2.03. The molecule has 0 radical (unpaired) electrons. The number of para-hydroxylation sites is 1. The number of amides is 1. The molecule has 0 spiro atoms. The molecule has 0 saturated carbocycles. The zero-order valence-electron chi connectivity index (χ0n) is 9.78. The molecular formula is C15H9Br2NO. The van der Waals surface area contributed by atoms with E-state index in [0.717, 1.165) is 25.8 Å². The molecule has 19 heavy (non-hydrogen) atoms. The fraction of sp³-hybridized carbons (Fsp3) is 0. The normalized spacial score (nSPS) is 15.5. The highest BCUT2D eigenvalue weighted by atomic mass is 79.9. The summed E-state index contributed by atoms with van der Waals surface area (Å²) in [7, 11) is 0. The summed E-state index contributed by atoms with van der Waals surface area (Å²) in [5.41, 5.74) is 3.47. The van der Waals surface area contributed by atoms with Crippen molar-refractivity contribution in [1.82, 2.24) is 0 Å². The maximum Gasteiger partial charge on any atom is 0.256 e. The van der Waals surface area contributed by atoms with E-state index < -0.39 is 0 Å². The van der Waals surface area contributed by atoms with Crippen LogP contribution in [0.1, 0.15) is 11.1 Å². The number of anilines is 1. The highest BCUT2D eigenvalue weighted by Crippen LogP contribution is 2.34. The van der Waals surface area contributed by atoms with Crippen LogP contribution in [0.2, 0.25) is 0 Å². The van der Waals surface area contributed by atoms with Gasteiger partial charge < -0.3 is 5.32 Å². The van der Waals surface area contributed by atoms with Gasteiger partial charge in [-0.15, -0.1) is 0 Å². The van der Waals surface area contributed by atoms with E-state index in [2.05, 4.69) is 37.2 Å². The number of benzene rings is 2. The van der Waals surface area contributed by atoms with E-state index in [1.54, 1.807) is 0 Å². The van der Waals surface area contributed by atoms with Crippen LogP contribution >= 0.6 is 31.9 Å². The SMILES string of the molecule is O=C1Nc2ccccc2/C1=C\c1cc(Br)ccc1Br. The van der Waals surface area contributed by atoms with Crippen LogP contribution in [0.3, 0.4) is 0 Å². The lowest BCUT2D eigenvalue weighted by atomic mass is 10.0. The lowest BCUT2D eigenvalue weighted by Gasteiger charge is -2.02. The zero-order chi connectivity index (χ0) is 13.4. The van der Waals surface area contributed by atoms with Gasteiger partial charge in [0.1, 0.15) is 0 Å². The van der Waals surface area contributed by atoms with E-state index in [9.17, 15) is 4.79 Å². The Morgan fingerprint density at radius 2 is 1.84 bits per heavy atom. The predicted molar refractivity (Wildman–Crippen MR) is 84.8 cm³/mol. The van der Waals surface area contributed by atoms with Crippen molar-refractivity contribution in [3.63, 3.8) is 0 Å². The molecule has 0 aromatic heterocycles. The van der Waals surface area contributed by atoms with Crippen LogP contribution in [0.4, 0.5) is 5.69 Å². The van der Waals surface area contributed by atoms with Crippen molar-refractivity contribution in [2.75, 3.05) is 5.32 Å². The molecule has 3 rings (SSSR count). The maximum absolute atomic E-state index is 12.0. The number of hydrogen-bond donors (Lipinski definition) is 1. The van der Waals surface area contributed by atoms with E-state index in [0.29, 0.717) is 5.57 Å². The Hall–Kier alpha value is -1.39. The topological polar surface area (TPSA) is 29.1 Å². The number of halogens is 2. The fourth-order valence-electron chi connectivity index (χ4n) is 2.06. The van der Waals surface area contributed by atoms with Crippen molar-refractivity contribution in [3.8, 4) is 0 Å². The second-order valence-electron chi connectivity index (χ2n) is 4.22. The highest BCUT2D eigenvalue weighted by molar-refractivity contribution is 9.11. The molecule has 0 bridgehead atoms. The number of hydrogen-bond acceptors (Lipinski definition) is 1. The standard InChI is InChI=1S/C15H9Br2NO/c16-10-5-6-13(17)9(7-10)8-12-11-3-1-2-4-14(11)18-15(12)19/h1-8H,(H,18,19)/b12-8+. The summed E-state index contributed by atoms with van der Waals surface area (Å²) >= 11 is 6.94. The lowest BCUT2D eigenvalue weighted by molar-refractivity contribution is -0.110. The quantitative estimate of drug-likeness (QED) is 0.715. The molecule has 1 aliphatic rings. The Balaban J connectivity index is 2.14. The minimum atomic E-state index is -0.0620. The molecule has 2 nitrogen and oxygen atoms in total. The molecule has 2 aromatic carbocycles. The summed E-state index contributed by atoms with van der Waals surface area (Å²) in [6.07, 6.45) is 1.90. The molecule has 0 fully saturated rings. The maximum atomic E-state index is 12.0. The summed E-state index contributed by atoms with van der Waals surface area (Å²) in [5, 5.41) is 2.87. The first-order chi connectivity index (χ1) is 9.15. The second kappa shape index (κ2) is 4.94. The summed E-state index contributed by atoms with van der Waals surface area (Å²) in [4.78, 5) is 12.0. The van der Waals surface area contributed by atoms with E-state index in [-0.39, 0.29) is 5.91 Å². The molecule has 0 saturated heterocycles. The van der Waals surface area contributed by atoms with Crippen molar-refractivity contribution >= 4 is 55.1 Å². The monoisotopic (exact) mass is 377 g/mol. The highest BCUT2D eigenvalue weighted by Gasteiger charge is 2.23. The van der Waals surface area contributed by atoms with Crippen LogP contribution in [0, 0.1) is 0 Å². The molecule has 1 aliphatic heterocycles. The Kier molecular flexibility index (Phi) is 3.29. The van der Waals surface area contributed by atoms with Gasteiger partial charge in [-0.05, 0) is 35.9 Å². The summed E-state index contributed by atoms with van der Waals surface area (Å²) < 4.78 is 1.94. The summed E-state index contributed by atoms with van der Waals surface area (Å²) in [5.74, 6) is -0.0620.